The van der Waals surface area contributed by atoms with Crippen molar-refractivity contribution in [3.63, 3.8) is 0 Å². The van der Waals surface area contributed by atoms with Crippen LogP contribution >= 0.6 is 0 Å². The second-order valence-corrected chi connectivity index (χ2v) is 5.66. The smallest absolute Gasteiger partial charge is 0.134 e. The molecule has 0 amide bonds. The van der Waals surface area contributed by atoms with Crippen molar-refractivity contribution in [2.24, 2.45) is 5.41 Å². The summed E-state index contributed by atoms with van der Waals surface area (Å²) in [5.74, 6) is 1.51. The van der Waals surface area contributed by atoms with Crippen molar-refractivity contribution in [2.45, 2.75) is 52.4 Å². The van der Waals surface area contributed by atoms with E-state index in [0.717, 1.165) is 24.3 Å². The van der Waals surface area contributed by atoms with Crippen molar-refractivity contribution in [1.82, 2.24) is 9.97 Å². The molecule has 0 saturated heterocycles. The van der Waals surface area contributed by atoms with Crippen LogP contribution in [0.2, 0.25) is 0 Å². The van der Waals surface area contributed by atoms with Gasteiger partial charge in [-0.15, -0.1) is 0 Å². The molecule has 0 atom stereocenters. The van der Waals surface area contributed by atoms with Crippen molar-refractivity contribution in [2.75, 3.05) is 17.6 Å². The van der Waals surface area contributed by atoms with Crippen molar-refractivity contribution < 1.29 is 0 Å². The fraction of sp³-hybridized carbons (Fsp3) is 0.714. The number of anilines is 2. The quantitative estimate of drug-likeness (QED) is 0.859. The molecule has 0 aliphatic heterocycles. The molecule has 0 bridgehead atoms. The maximum absolute atomic E-state index is 5.88. The lowest BCUT2D eigenvalue weighted by atomic mass is 9.76. The number of nitrogen functional groups attached to an aromatic ring is 1. The third kappa shape index (κ3) is 2.92. The van der Waals surface area contributed by atoms with Gasteiger partial charge in [0.15, 0.2) is 0 Å². The van der Waals surface area contributed by atoms with Gasteiger partial charge in [0.05, 0.1) is 0 Å². The number of nitrogens with one attached hydrogen (secondary N) is 1. The zero-order chi connectivity index (χ0) is 13.0. The monoisotopic (exact) mass is 248 g/mol. The van der Waals surface area contributed by atoms with Crippen molar-refractivity contribution in [3.05, 3.63) is 11.9 Å². The minimum absolute atomic E-state index is 0.406. The van der Waals surface area contributed by atoms with Gasteiger partial charge in [0.25, 0.3) is 0 Å². The van der Waals surface area contributed by atoms with E-state index >= 15 is 0 Å². The van der Waals surface area contributed by atoms with E-state index in [1.807, 2.05) is 0 Å². The molecule has 1 aromatic rings. The third-order valence-electron chi connectivity index (χ3n) is 4.08. The lowest BCUT2D eigenvalue weighted by molar-refractivity contribution is 0.233. The van der Waals surface area contributed by atoms with Gasteiger partial charge in [-0.2, -0.15) is 0 Å². The van der Waals surface area contributed by atoms with Gasteiger partial charge in [0, 0.05) is 12.1 Å². The minimum Gasteiger partial charge on any atom is -0.383 e. The van der Waals surface area contributed by atoms with Gasteiger partial charge < -0.3 is 11.1 Å². The van der Waals surface area contributed by atoms with Crippen molar-refractivity contribution in [1.29, 1.82) is 0 Å². The summed E-state index contributed by atoms with van der Waals surface area (Å²) in [5.41, 5.74) is 7.33. The predicted octanol–water partition coefficient (Wildman–Crippen LogP) is 3.00. The molecule has 1 aliphatic rings. The second kappa shape index (κ2) is 5.55. The average molecular weight is 248 g/mol. The minimum atomic E-state index is 0.406. The fourth-order valence-corrected chi connectivity index (χ4v) is 2.81. The summed E-state index contributed by atoms with van der Waals surface area (Å²) in [7, 11) is 0. The number of hydrogen-bond donors (Lipinski definition) is 2. The molecule has 4 heteroatoms. The standard InChI is InChI=1S/C14H24N4/c1-3-11-12(15)17-10-18-13(11)16-9-14(2)7-5-4-6-8-14/h10H,3-9H2,1-2H3,(H3,15,16,17,18). The predicted molar refractivity (Wildman–Crippen MR) is 75.5 cm³/mol. The molecule has 1 heterocycles. The molecule has 1 fully saturated rings. The zero-order valence-electron chi connectivity index (χ0n) is 11.5. The molecule has 2 rings (SSSR count). The average Bonchev–Trinajstić information content (AvgIpc) is 2.37. The highest BCUT2D eigenvalue weighted by molar-refractivity contribution is 5.54. The number of nitrogens with zero attached hydrogens (tertiary/aromatic N) is 2. The highest BCUT2D eigenvalue weighted by Crippen LogP contribution is 2.36. The first kappa shape index (κ1) is 13.1. The van der Waals surface area contributed by atoms with Crippen LogP contribution < -0.4 is 11.1 Å². The Balaban J connectivity index is 2.03. The molecule has 3 N–H and O–H groups in total. The van der Waals surface area contributed by atoms with E-state index in [-0.39, 0.29) is 0 Å². The molecule has 18 heavy (non-hydrogen) atoms. The molecule has 0 radical (unpaired) electrons. The van der Waals surface area contributed by atoms with Crippen LogP contribution in [0.1, 0.15) is 51.5 Å². The maximum atomic E-state index is 5.88. The number of rotatable bonds is 4. The first-order chi connectivity index (χ1) is 8.64. The van der Waals surface area contributed by atoms with Crippen LogP contribution in [0, 0.1) is 5.41 Å². The van der Waals surface area contributed by atoms with E-state index in [4.69, 9.17) is 5.73 Å². The van der Waals surface area contributed by atoms with Crippen LogP contribution in [0.4, 0.5) is 11.6 Å². The Morgan fingerprint density at radius 1 is 1.28 bits per heavy atom. The number of hydrogen-bond acceptors (Lipinski definition) is 4. The Kier molecular flexibility index (Phi) is 4.04. The van der Waals surface area contributed by atoms with Crippen LogP contribution in [-0.2, 0) is 6.42 Å². The Morgan fingerprint density at radius 2 is 2.00 bits per heavy atom. The topological polar surface area (TPSA) is 63.8 Å². The van der Waals surface area contributed by atoms with Crippen molar-refractivity contribution in [3.8, 4) is 0 Å². The summed E-state index contributed by atoms with van der Waals surface area (Å²) in [5, 5.41) is 3.48. The van der Waals surface area contributed by atoms with Gasteiger partial charge in [-0.05, 0) is 24.7 Å². The zero-order valence-corrected chi connectivity index (χ0v) is 11.5. The maximum Gasteiger partial charge on any atom is 0.134 e. The Bertz CT molecular complexity index is 397. The van der Waals surface area contributed by atoms with E-state index in [0.29, 0.717) is 11.2 Å². The van der Waals surface area contributed by atoms with Crippen LogP contribution in [0.15, 0.2) is 6.33 Å². The van der Waals surface area contributed by atoms with E-state index in [1.54, 1.807) is 6.33 Å². The molecule has 0 spiro atoms. The fourth-order valence-electron chi connectivity index (χ4n) is 2.81. The number of aromatic nitrogens is 2. The van der Waals surface area contributed by atoms with E-state index in [2.05, 4.69) is 29.1 Å². The van der Waals surface area contributed by atoms with E-state index in [1.165, 1.54) is 32.1 Å². The summed E-state index contributed by atoms with van der Waals surface area (Å²) in [6, 6.07) is 0. The van der Waals surface area contributed by atoms with Crippen LogP contribution in [-0.4, -0.2) is 16.5 Å². The van der Waals surface area contributed by atoms with Crippen LogP contribution in [0.5, 0.6) is 0 Å². The van der Waals surface area contributed by atoms with E-state index in [9.17, 15) is 0 Å². The molecular weight excluding hydrogens is 224 g/mol. The molecule has 4 nitrogen and oxygen atoms in total. The van der Waals surface area contributed by atoms with Gasteiger partial charge in [-0.25, -0.2) is 9.97 Å². The van der Waals surface area contributed by atoms with Gasteiger partial charge in [0.1, 0.15) is 18.0 Å². The highest BCUT2D eigenvalue weighted by atomic mass is 15.0. The molecule has 1 saturated carbocycles. The highest BCUT2D eigenvalue weighted by Gasteiger charge is 2.26. The third-order valence-corrected chi connectivity index (χ3v) is 4.08. The summed E-state index contributed by atoms with van der Waals surface area (Å²) in [6.45, 7) is 5.44. The Labute approximate surface area is 109 Å². The summed E-state index contributed by atoms with van der Waals surface area (Å²) < 4.78 is 0. The SMILES string of the molecule is CCc1c(N)ncnc1NCC1(C)CCCCC1. The van der Waals surface area contributed by atoms with Crippen LogP contribution in [0.25, 0.3) is 0 Å². The normalized spacial score (nSPS) is 18.6. The summed E-state index contributed by atoms with van der Waals surface area (Å²) >= 11 is 0. The van der Waals surface area contributed by atoms with Crippen LogP contribution in [0.3, 0.4) is 0 Å². The van der Waals surface area contributed by atoms with Gasteiger partial charge in [-0.3, -0.25) is 0 Å². The summed E-state index contributed by atoms with van der Waals surface area (Å²) in [6.07, 6.45) is 9.11. The molecule has 100 valence electrons. The largest absolute Gasteiger partial charge is 0.383 e. The number of nitrogens with two attached hydrogens (primary N) is 1. The van der Waals surface area contributed by atoms with Gasteiger partial charge >= 0.3 is 0 Å². The summed E-state index contributed by atoms with van der Waals surface area (Å²) in [4.78, 5) is 8.37. The molecule has 1 aliphatic carbocycles. The molecule has 1 aromatic heterocycles. The lowest BCUT2D eigenvalue weighted by Crippen LogP contribution is -2.29. The van der Waals surface area contributed by atoms with E-state index < -0.39 is 0 Å². The molecule has 0 aromatic carbocycles. The van der Waals surface area contributed by atoms with Gasteiger partial charge in [0.2, 0.25) is 0 Å². The Morgan fingerprint density at radius 3 is 2.67 bits per heavy atom. The Hall–Kier alpha value is -1.32. The second-order valence-electron chi connectivity index (χ2n) is 5.66. The van der Waals surface area contributed by atoms with Crippen molar-refractivity contribution >= 4 is 11.6 Å². The molecular formula is C14H24N4. The lowest BCUT2D eigenvalue weighted by Gasteiger charge is -2.34. The first-order valence-corrected chi connectivity index (χ1v) is 6.98. The first-order valence-electron chi connectivity index (χ1n) is 6.98. The molecule has 0 unspecified atom stereocenters. The van der Waals surface area contributed by atoms with Gasteiger partial charge in [-0.1, -0.05) is 33.1 Å².